The Labute approximate surface area is 140 Å². The molecule has 0 amide bonds. The van der Waals surface area contributed by atoms with Crippen molar-refractivity contribution in [2.45, 2.75) is 18.9 Å². The van der Waals surface area contributed by atoms with Crippen LogP contribution in [-0.4, -0.2) is 19.2 Å². The van der Waals surface area contributed by atoms with Gasteiger partial charge in [-0.3, -0.25) is 0 Å². The highest BCUT2D eigenvalue weighted by Gasteiger charge is 2.22. The third-order valence-corrected chi connectivity index (χ3v) is 4.50. The van der Waals surface area contributed by atoms with Crippen molar-refractivity contribution in [1.29, 1.82) is 0 Å². The molecule has 0 aliphatic carbocycles. The molecule has 3 nitrogen and oxygen atoms in total. The minimum Gasteiger partial charge on any atom is -0.489 e. The minimum atomic E-state index is 0.167. The molecular formula is C17H18Cl2N2O. The number of halogens is 2. The van der Waals surface area contributed by atoms with Gasteiger partial charge in [0.2, 0.25) is 0 Å². The second-order valence-electron chi connectivity index (χ2n) is 5.45. The molecule has 0 radical (unpaired) electrons. The molecule has 2 N–H and O–H groups in total. The quantitative estimate of drug-likeness (QED) is 0.831. The second-order valence-corrected chi connectivity index (χ2v) is 6.26. The summed E-state index contributed by atoms with van der Waals surface area (Å²) in [5, 5.41) is 1.36. The fraction of sp³-hybridized carbons (Fsp3) is 0.294. The van der Waals surface area contributed by atoms with Crippen molar-refractivity contribution >= 4 is 34.6 Å². The van der Waals surface area contributed by atoms with Crippen LogP contribution in [0.1, 0.15) is 12.8 Å². The van der Waals surface area contributed by atoms with E-state index < -0.39 is 0 Å². The molecule has 0 saturated carbocycles. The minimum absolute atomic E-state index is 0.167. The molecule has 0 spiro atoms. The van der Waals surface area contributed by atoms with Gasteiger partial charge >= 0.3 is 0 Å². The molecule has 3 rings (SSSR count). The fourth-order valence-electron chi connectivity index (χ4n) is 2.71. The van der Waals surface area contributed by atoms with Crippen molar-refractivity contribution in [2.75, 3.05) is 23.7 Å². The number of hydrogen-bond donors (Lipinski definition) is 1. The van der Waals surface area contributed by atoms with Crippen LogP contribution in [0.25, 0.3) is 0 Å². The van der Waals surface area contributed by atoms with Crippen LogP contribution in [0, 0.1) is 0 Å². The molecule has 5 heteroatoms. The summed E-state index contributed by atoms with van der Waals surface area (Å²) < 4.78 is 6.01. The molecule has 1 heterocycles. The van der Waals surface area contributed by atoms with Crippen LogP contribution in [0.15, 0.2) is 42.5 Å². The normalized spacial score (nSPS) is 15.8. The average Bonchev–Trinajstić information content (AvgIpc) is 2.51. The Morgan fingerprint density at radius 3 is 2.41 bits per heavy atom. The van der Waals surface area contributed by atoms with Gasteiger partial charge in [0.15, 0.2) is 0 Å². The Hall–Kier alpha value is -1.58. The third kappa shape index (κ3) is 3.42. The van der Waals surface area contributed by atoms with Gasteiger partial charge in [0, 0.05) is 31.6 Å². The number of benzene rings is 2. The Bertz CT molecular complexity index is 655. The van der Waals surface area contributed by atoms with Crippen molar-refractivity contribution in [3.8, 4) is 5.75 Å². The van der Waals surface area contributed by atoms with E-state index in [2.05, 4.69) is 11.0 Å². The number of piperidine rings is 1. The summed E-state index contributed by atoms with van der Waals surface area (Å²) in [6.07, 6.45) is 2.04. The zero-order valence-corrected chi connectivity index (χ0v) is 13.6. The molecule has 1 aliphatic heterocycles. The molecule has 1 fully saturated rings. The maximum Gasteiger partial charge on any atom is 0.138 e. The van der Waals surface area contributed by atoms with E-state index in [1.165, 1.54) is 0 Å². The lowest BCUT2D eigenvalue weighted by Crippen LogP contribution is -2.38. The van der Waals surface area contributed by atoms with Gasteiger partial charge in [-0.1, -0.05) is 35.3 Å². The van der Waals surface area contributed by atoms with Crippen LogP contribution in [0.2, 0.25) is 10.0 Å². The van der Waals surface area contributed by atoms with Gasteiger partial charge in [0.1, 0.15) is 11.9 Å². The standard InChI is InChI=1S/C17H18Cl2N2O/c18-14-3-1-2-4-16(14)21-9-7-13(8-10-21)22-17-6-5-12(20)11-15(17)19/h1-6,11,13H,7-10,20H2. The van der Waals surface area contributed by atoms with Gasteiger partial charge in [-0.15, -0.1) is 0 Å². The lowest BCUT2D eigenvalue weighted by atomic mass is 10.1. The summed E-state index contributed by atoms with van der Waals surface area (Å²) >= 11 is 12.4. The molecule has 0 aromatic heterocycles. The fourth-order valence-corrected chi connectivity index (χ4v) is 3.20. The molecule has 1 saturated heterocycles. The number of anilines is 2. The number of nitrogens with zero attached hydrogens (tertiary/aromatic N) is 1. The topological polar surface area (TPSA) is 38.5 Å². The molecule has 116 valence electrons. The van der Waals surface area contributed by atoms with Crippen molar-refractivity contribution in [3.05, 3.63) is 52.5 Å². The van der Waals surface area contributed by atoms with E-state index in [9.17, 15) is 0 Å². The van der Waals surface area contributed by atoms with Gasteiger partial charge in [-0.05, 0) is 30.3 Å². The van der Waals surface area contributed by atoms with Crippen LogP contribution in [-0.2, 0) is 0 Å². The van der Waals surface area contributed by atoms with E-state index in [0.29, 0.717) is 16.5 Å². The Balaban J connectivity index is 1.61. The van der Waals surface area contributed by atoms with E-state index >= 15 is 0 Å². The van der Waals surface area contributed by atoms with Crippen LogP contribution in [0.4, 0.5) is 11.4 Å². The van der Waals surface area contributed by atoms with E-state index in [1.807, 2.05) is 24.3 Å². The van der Waals surface area contributed by atoms with Crippen molar-refractivity contribution in [3.63, 3.8) is 0 Å². The van der Waals surface area contributed by atoms with Crippen LogP contribution in [0.5, 0.6) is 5.75 Å². The highest BCUT2D eigenvalue weighted by Crippen LogP contribution is 2.31. The van der Waals surface area contributed by atoms with Crippen LogP contribution >= 0.6 is 23.2 Å². The molecular weight excluding hydrogens is 319 g/mol. The van der Waals surface area contributed by atoms with E-state index in [4.69, 9.17) is 33.7 Å². The van der Waals surface area contributed by atoms with E-state index in [1.54, 1.807) is 12.1 Å². The Kier molecular flexibility index (Phi) is 4.65. The molecule has 22 heavy (non-hydrogen) atoms. The van der Waals surface area contributed by atoms with Gasteiger partial charge in [0.25, 0.3) is 0 Å². The van der Waals surface area contributed by atoms with Crippen molar-refractivity contribution in [1.82, 2.24) is 0 Å². The number of hydrogen-bond acceptors (Lipinski definition) is 3. The highest BCUT2D eigenvalue weighted by atomic mass is 35.5. The molecule has 2 aromatic carbocycles. The zero-order chi connectivity index (χ0) is 15.5. The molecule has 0 bridgehead atoms. The van der Waals surface area contributed by atoms with Crippen molar-refractivity contribution in [2.24, 2.45) is 0 Å². The Morgan fingerprint density at radius 1 is 1.00 bits per heavy atom. The van der Waals surface area contributed by atoms with Crippen LogP contribution in [0.3, 0.4) is 0 Å². The maximum atomic E-state index is 6.26. The maximum absolute atomic E-state index is 6.26. The first-order valence-electron chi connectivity index (χ1n) is 7.34. The zero-order valence-electron chi connectivity index (χ0n) is 12.1. The number of nitrogens with two attached hydrogens (primary N) is 1. The first-order valence-corrected chi connectivity index (χ1v) is 8.10. The second kappa shape index (κ2) is 6.67. The SMILES string of the molecule is Nc1ccc(OC2CCN(c3ccccc3Cl)CC2)c(Cl)c1. The molecule has 0 atom stereocenters. The summed E-state index contributed by atoms with van der Waals surface area (Å²) in [5.41, 5.74) is 7.43. The lowest BCUT2D eigenvalue weighted by Gasteiger charge is -2.34. The first-order chi connectivity index (χ1) is 10.6. The summed E-state index contributed by atoms with van der Waals surface area (Å²) in [7, 11) is 0. The largest absolute Gasteiger partial charge is 0.489 e. The van der Waals surface area contributed by atoms with Gasteiger partial charge in [-0.2, -0.15) is 0 Å². The molecule has 0 unspecified atom stereocenters. The predicted molar refractivity (Wildman–Crippen MR) is 93.2 cm³/mol. The summed E-state index contributed by atoms with van der Waals surface area (Å²) in [6, 6.07) is 13.3. The van der Waals surface area contributed by atoms with E-state index in [-0.39, 0.29) is 6.10 Å². The van der Waals surface area contributed by atoms with Gasteiger partial charge < -0.3 is 15.4 Å². The number of para-hydroxylation sites is 1. The number of rotatable bonds is 3. The van der Waals surface area contributed by atoms with Gasteiger partial charge in [-0.25, -0.2) is 0 Å². The first kappa shape index (κ1) is 15.3. The highest BCUT2D eigenvalue weighted by molar-refractivity contribution is 6.33. The lowest BCUT2D eigenvalue weighted by molar-refractivity contribution is 0.171. The number of nitrogen functional groups attached to an aromatic ring is 1. The average molecular weight is 337 g/mol. The van der Waals surface area contributed by atoms with Crippen molar-refractivity contribution < 1.29 is 4.74 Å². The summed E-state index contributed by atoms with van der Waals surface area (Å²) in [4.78, 5) is 2.30. The summed E-state index contributed by atoms with van der Waals surface area (Å²) in [6.45, 7) is 1.84. The van der Waals surface area contributed by atoms with Crippen LogP contribution < -0.4 is 15.4 Å². The Morgan fingerprint density at radius 2 is 1.73 bits per heavy atom. The van der Waals surface area contributed by atoms with E-state index in [0.717, 1.165) is 36.6 Å². The van der Waals surface area contributed by atoms with Gasteiger partial charge in [0.05, 0.1) is 15.7 Å². The molecule has 2 aromatic rings. The monoisotopic (exact) mass is 336 g/mol. The third-order valence-electron chi connectivity index (χ3n) is 3.88. The smallest absolute Gasteiger partial charge is 0.138 e. The summed E-state index contributed by atoms with van der Waals surface area (Å²) in [5.74, 6) is 0.701. The number of ether oxygens (including phenoxy) is 1. The molecule has 1 aliphatic rings. The predicted octanol–water partition coefficient (Wildman–Crippen LogP) is 4.62.